The number of esters is 1. The molecule has 2 bridgehead atoms. The van der Waals surface area contributed by atoms with E-state index in [1.54, 1.807) is 0 Å². The zero-order valence-electron chi connectivity index (χ0n) is 13.8. The maximum Gasteiger partial charge on any atom is 0.345 e. The Morgan fingerprint density at radius 1 is 1.08 bits per heavy atom. The molecule has 0 saturated carbocycles. The number of ether oxygens (including phenoxy) is 1. The van der Waals surface area contributed by atoms with Gasteiger partial charge in [0, 0.05) is 0 Å². The smallest absolute Gasteiger partial charge is 0.345 e. The van der Waals surface area contributed by atoms with Gasteiger partial charge in [0.15, 0.2) is 6.04 Å². The van der Waals surface area contributed by atoms with Gasteiger partial charge in [0.1, 0.15) is 12.6 Å². The summed E-state index contributed by atoms with van der Waals surface area (Å²) in [7, 11) is 1.33. The van der Waals surface area contributed by atoms with E-state index >= 15 is 0 Å². The van der Waals surface area contributed by atoms with Crippen LogP contribution in [-0.2, 0) is 21.0 Å². The van der Waals surface area contributed by atoms with Crippen molar-refractivity contribution in [3.05, 3.63) is 71.3 Å². The van der Waals surface area contributed by atoms with Crippen LogP contribution in [0.5, 0.6) is 0 Å². The molecule has 128 valence electrons. The van der Waals surface area contributed by atoms with Crippen LogP contribution in [0.4, 0.5) is 4.79 Å². The van der Waals surface area contributed by atoms with Gasteiger partial charge in [-0.1, -0.05) is 54.6 Å². The number of urea groups is 1. The second-order valence-corrected chi connectivity index (χ2v) is 6.09. The first-order valence-electron chi connectivity index (χ1n) is 8.14. The fourth-order valence-electron chi connectivity index (χ4n) is 3.50. The normalized spacial score (nSPS) is 21.2. The number of benzene rings is 2. The Morgan fingerprint density at radius 3 is 2.48 bits per heavy atom. The number of hydroxylamine groups is 2. The molecule has 2 aliphatic rings. The minimum atomic E-state index is -0.727. The molecule has 1 saturated heterocycles. The molecular weight excluding hydrogens is 320 g/mol. The molecule has 2 aromatic carbocycles. The van der Waals surface area contributed by atoms with Gasteiger partial charge in [-0.3, -0.25) is 4.84 Å². The van der Waals surface area contributed by atoms with Gasteiger partial charge >= 0.3 is 12.0 Å². The van der Waals surface area contributed by atoms with E-state index in [1.807, 2.05) is 54.6 Å². The summed E-state index contributed by atoms with van der Waals surface area (Å²) in [6.45, 7) is 0.701. The molecule has 2 aliphatic heterocycles. The number of fused-ring (bicyclic) bond motifs is 4. The quantitative estimate of drug-likeness (QED) is 0.805. The van der Waals surface area contributed by atoms with Gasteiger partial charge in [0.2, 0.25) is 0 Å². The SMILES string of the molecule is COC(=O)C1c2ccccc2[C@@H]2CN1C(=O)N2OCc1ccccc1. The van der Waals surface area contributed by atoms with Gasteiger partial charge in [-0.15, -0.1) is 0 Å². The summed E-state index contributed by atoms with van der Waals surface area (Å²) in [5.41, 5.74) is 2.70. The van der Waals surface area contributed by atoms with Crippen LogP contribution in [0.1, 0.15) is 28.8 Å². The van der Waals surface area contributed by atoms with Crippen LogP contribution >= 0.6 is 0 Å². The van der Waals surface area contributed by atoms with E-state index in [0.717, 1.165) is 16.7 Å². The Labute approximate surface area is 145 Å². The molecule has 6 nitrogen and oxygen atoms in total. The second kappa shape index (κ2) is 6.22. The molecule has 6 heteroatoms. The van der Waals surface area contributed by atoms with Gasteiger partial charge in [-0.25, -0.2) is 9.59 Å². The van der Waals surface area contributed by atoms with E-state index in [1.165, 1.54) is 17.1 Å². The Morgan fingerprint density at radius 2 is 1.76 bits per heavy atom. The van der Waals surface area contributed by atoms with Crippen LogP contribution < -0.4 is 0 Å². The van der Waals surface area contributed by atoms with Crippen molar-refractivity contribution in [3.8, 4) is 0 Å². The lowest BCUT2D eigenvalue weighted by atomic mass is 9.91. The predicted octanol–water partition coefficient (Wildman–Crippen LogP) is 2.82. The van der Waals surface area contributed by atoms with Gasteiger partial charge in [0.25, 0.3) is 0 Å². The summed E-state index contributed by atoms with van der Waals surface area (Å²) in [6.07, 6.45) is 0. The molecule has 0 radical (unpaired) electrons. The summed E-state index contributed by atoms with van der Waals surface area (Å²) in [5.74, 6) is -0.441. The summed E-state index contributed by atoms with van der Waals surface area (Å²) in [5, 5.41) is 1.38. The van der Waals surface area contributed by atoms with Crippen molar-refractivity contribution in [2.24, 2.45) is 0 Å². The molecule has 2 amide bonds. The molecule has 2 atom stereocenters. The fraction of sp³-hybridized carbons (Fsp3) is 0.263. The number of carbonyl (C=O) groups is 2. The standard InChI is InChI=1S/C19H18N2O4/c1-24-18(22)17-15-10-6-5-9-14(15)16-11-20(17)19(23)21(16)25-12-13-7-3-2-4-8-13/h2-10,16-17H,11-12H2,1H3/t16-,17?/m0/s1. The maximum atomic E-state index is 12.8. The summed E-state index contributed by atoms with van der Waals surface area (Å²) < 4.78 is 4.92. The van der Waals surface area contributed by atoms with E-state index in [4.69, 9.17) is 9.57 Å². The number of hydrogen-bond donors (Lipinski definition) is 0. The Balaban J connectivity index is 1.65. The summed E-state index contributed by atoms with van der Waals surface area (Å²) >= 11 is 0. The van der Waals surface area contributed by atoms with E-state index in [2.05, 4.69) is 0 Å². The lowest BCUT2D eigenvalue weighted by Crippen LogP contribution is -2.39. The summed E-state index contributed by atoms with van der Waals surface area (Å²) in [4.78, 5) is 32.4. The third-order valence-corrected chi connectivity index (χ3v) is 4.69. The highest BCUT2D eigenvalue weighted by Gasteiger charge is 2.51. The minimum absolute atomic E-state index is 0.228. The maximum absolute atomic E-state index is 12.8. The van der Waals surface area contributed by atoms with Gasteiger partial charge in [0.05, 0.1) is 13.7 Å². The zero-order valence-corrected chi connectivity index (χ0v) is 13.8. The predicted molar refractivity (Wildman–Crippen MR) is 89.1 cm³/mol. The van der Waals surface area contributed by atoms with Crippen molar-refractivity contribution < 1.29 is 19.2 Å². The topological polar surface area (TPSA) is 59.1 Å². The molecule has 0 aliphatic carbocycles. The van der Waals surface area contributed by atoms with Crippen molar-refractivity contribution >= 4 is 12.0 Å². The van der Waals surface area contributed by atoms with E-state index in [9.17, 15) is 9.59 Å². The first kappa shape index (κ1) is 15.7. The second-order valence-electron chi connectivity index (χ2n) is 6.09. The monoisotopic (exact) mass is 338 g/mol. The molecule has 2 aromatic rings. The fourth-order valence-corrected chi connectivity index (χ4v) is 3.50. The molecule has 0 spiro atoms. The Hall–Kier alpha value is -2.86. The summed E-state index contributed by atoms with van der Waals surface area (Å²) in [6, 6.07) is 16.0. The average Bonchev–Trinajstić information content (AvgIpc) is 2.93. The highest BCUT2D eigenvalue weighted by molar-refractivity contribution is 5.88. The molecule has 0 N–H and O–H groups in total. The third kappa shape index (κ3) is 2.55. The van der Waals surface area contributed by atoms with Crippen molar-refractivity contribution in [1.82, 2.24) is 9.96 Å². The number of nitrogens with zero attached hydrogens (tertiary/aromatic N) is 2. The van der Waals surface area contributed by atoms with Crippen LogP contribution in [0.25, 0.3) is 0 Å². The molecule has 4 rings (SSSR count). The largest absolute Gasteiger partial charge is 0.467 e. The molecule has 1 unspecified atom stereocenters. The average molecular weight is 338 g/mol. The van der Waals surface area contributed by atoms with E-state index < -0.39 is 12.0 Å². The van der Waals surface area contributed by atoms with Crippen LogP contribution in [0.15, 0.2) is 54.6 Å². The molecule has 25 heavy (non-hydrogen) atoms. The minimum Gasteiger partial charge on any atom is -0.467 e. The molecule has 1 fully saturated rings. The molecule has 2 heterocycles. The van der Waals surface area contributed by atoms with Gasteiger partial charge in [-0.05, 0) is 16.7 Å². The highest BCUT2D eigenvalue weighted by atomic mass is 16.7. The number of hydrogen-bond acceptors (Lipinski definition) is 4. The number of methoxy groups -OCH3 is 1. The number of rotatable bonds is 4. The first-order valence-corrected chi connectivity index (χ1v) is 8.14. The third-order valence-electron chi connectivity index (χ3n) is 4.69. The first-order chi connectivity index (χ1) is 12.2. The Kier molecular flexibility index (Phi) is 3.89. The van der Waals surface area contributed by atoms with E-state index in [0.29, 0.717) is 13.2 Å². The highest BCUT2D eigenvalue weighted by Crippen LogP contribution is 2.44. The van der Waals surface area contributed by atoms with Gasteiger partial charge in [-0.2, -0.15) is 5.06 Å². The molecular formula is C19H18N2O4. The number of carbonyl (C=O) groups excluding carboxylic acids is 2. The molecule has 0 aromatic heterocycles. The lowest BCUT2D eigenvalue weighted by molar-refractivity contribution is -0.146. The van der Waals surface area contributed by atoms with Crippen LogP contribution in [-0.4, -0.2) is 35.6 Å². The Bertz CT molecular complexity index is 808. The van der Waals surface area contributed by atoms with Crippen LogP contribution in [0.2, 0.25) is 0 Å². The van der Waals surface area contributed by atoms with Gasteiger partial charge < -0.3 is 9.64 Å². The van der Waals surface area contributed by atoms with Crippen LogP contribution in [0.3, 0.4) is 0 Å². The van der Waals surface area contributed by atoms with E-state index in [-0.39, 0.29) is 12.1 Å². The van der Waals surface area contributed by atoms with Crippen molar-refractivity contribution in [2.45, 2.75) is 18.7 Å². The number of amides is 2. The van der Waals surface area contributed by atoms with Crippen LogP contribution in [0, 0.1) is 0 Å². The van der Waals surface area contributed by atoms with Crippen molar-refractivity contribution in [1.29, 1.82) is 0 Å². The van der Waals surface area contributed by atoms with Crippen molar-refractivity contribution in [2.75, 3.05) is 13.7 Å². The lowest BCUT2D eigenvalue weighted by Gasteiger charge is -2.30. The van der Waals surface area contributed by atoms with Crippen molar-refractivity contribution in [3.63, 3.8) is 0 Å². The zero-order chi connectivity index (χ0) is 17.4.